The lowest BCUT2D eigenvalue weighted by Gasteiger charge is -2.06. The van der Waals surface area contributed by atoms with Gasteiger partial charge in [-0.15, -0.1) is 0 Å². The summed E-state index contributed by atoms with van der Waals surface area (Å²) in [5, 5.41) is 12.5. The van der Waals surface area contributed by atoms with E-state index in [9.17, 15) is 0 Å². The van der Waals surface area contributed by atoms with Crippen LogP contribution in [0.3, 0.4) is 0 Å². The maximum atomic E-state index is 8.68. The van der Waals surface area contributed by atoms with E-state index in [2.05, 4.69) is 16.4 Å². The Hall–Kier alpha value is -1.99. The molecule has 2 rings (SSSR count). The standard InChI is InChI=1S/C12H11ClN4/c1-17-11(13)7-16-12(17)8-15-10-4-2-9(6-14)3-5-10/h2-5,7,15H,8H2,1H3. The number of nitrogens with zero attached hydrogens (tertiary/aromatic N) is 3. The van der Waals surface area contributed by atoms with Gasteiger partial charge in [-0.3, -0.25) is 0 Å². The van der Waals surface area contributed by atoms with E-state index in [1.807, 2.05) is 23.7 Å². The molecule has 1 aromatic carbocycles. The van der Waals surface area contributed by atoms with Crippen LogP contribution in [0.1, 0.15) is 11.4 Å². The average molecular weight is 247 g/mol. The van der Waals surface area contributed by atoms with Crippen molar-refractivity contribution in [3.8, 4) is 6.07 Å². The number of nitrogens with one attached hydrogen (secondary N) is 1. The molecule has 1 aromatic heterocycles. The average Bonchev–Trinajstić information content (AvgIpc) is 2.68. The molecule has 17 heavy (non-hydrogen) atoms. The summed E-state index contributed by atoms with van der Waals surface area (Å²) in [5.41, 5.74) is 1.60. The van der Waals surface area contributed by atoms with Crippen molar-refractivity contribution < 1.29 is 0 Å². The van der Waals surface area contributed by atoms with Crippen LogP contribution in [0, 0.1) is 11.3 Å². The molecular formula is C12H11ClN4. The van der Waals surface area contributed by atoms with E-state index in [1.54, 1.807) is 18.3 Å². The smallest absolute Gasteiger partial charge is 0.128 e. The molecule has 0 radical (unpaired) electrons. The lowest BCUT2D eigenvalue weighted by atomic mass is 10.2. The molecule has 0 saturated heterocycles. The van der Waals surface area contributed by atoms with Crippen LogP contribution in [0.2, 0.25) is 5.15 Å². The maximum Gasteiger partial charge on any atom is 0.128 e. The normalized spacial score (nSPS) is 9.94. The number of aromatic nitrogens is 2. The van der Waals surface area contributed by atoms with E-state index in [-0.39, 0.29) is 0 Å². The molecular weight excluding hydrogens is 236 g/mol. The van der Waals surface area contributed by atoms with E-state index in [1.165, 1.54) is 0 Å². The SMILES string of the molecule is Cn1c(Cl)cnc1CNc1ccc(C#N)cc1. The van der Waals surface area contributed by atoms with Crippen molar-refractivity contribution in [3.63, 3.8) is 0 Å². The topological polar surface area (TPSA) is 53.6 Å². The first-order valence-corrected chi connectivity index (χ1v) is 5.48. The Morgan fingerprint density at radius 2 is 2.12 bits per heavy atom. The largest absolute Gasteiger partial charge is 0.378 e. The van der Waals surface area contributed by atoms with Crippen LogP contribution >= 0.6 is 11.6 Å². The van der Waals surface area contributed by atoms with Gasteiger partial charge in [-0.2, -0.15) is 5.26 Å². The van der Waals surface area contributed by atoms with Gasteiger partial charge in [0.05, 0.1) is 24.4 Å². The van der Waals surface area contributed by atoms with Gasteiger partial charge in [0.25, 0.3) is 0 Å². The number of benzene rings is 1. The molecule has 0 bridgehead atoms. The molecule has 0 spiro atoms. The molecule has 4 nitrogen and oxygen atoms in total. The molecule has 86 valence electrons. The molecule has 0 aliphatic rings. The van der Waals surface area contributed by atoms with E-state index < -0.39 is 0 Å². The molecule has 0 saturated carbocycles. The van der Waals surface area contributed by atoms with Crippen LogP contribution in [-0.2, 0) is 13.6 Å². The lowest BCUT2D eigenvalue weighted by molar-refractivity contribution is 0.813. The minimum atomic E-state index is 0.592. The molecule has 0 unspecified atom stereocenters. The fourth-order valence-corrected chi connectivity index (χ4v) is 1.58. The van der Waals surface area contributed by atoms with Gasteiger partial charge in [0.15, 0.2) is 0 Å². The third-order valence-electron chi connectivity index (χ3n) is 2.49. The van der Waals surface area contributed by atoms with Gasteiger partial charge in [0, 0.05) is 12.7 Å². The van der Waals surface area contributed by atoms with Crippen molar-refractivity contribution in [1.82, 2.24) is 9.55 Å². The van der Waals surface area contributed by atoms with Gasteiger partial charge in [-0.1, -0.05) is 11.6 Å². The Morgan fingerprint density at radius 3 is 2.65 bits per heavy atom. The molecule has 2 aromatic rings. The molecule has 0 amide bonds. The quantitative estimate of drug-likeness (QED) is 0.906. The summed E-state index contributed by atoms with van der Waals surface area (Å²) in [6.45, 7) is 0.592. The summed E-state index contributed by atoms with van der Waals surface area (Å²) < 4.78 is 1.82. The third-order valence-corrected chi connectivity index (χ3v) is 2.84. The second kappa shape index (κ2) is 4.89. The highest BCUT2D eigenvalue weighted by Crippen LogP contribution is 2.12. The van der Waals surface area contributed by atoms with Gasteiger partial charge in [0.2, 0.25) is 0 Å². The maximum absolute atomic E-state index is 8.68. The first-order chi connectivity index (χ1) is 8.20. The zero-order valence-corrected chi connectivity index (χ0v) is 10.1. The number of hydrogen-bond acceptors (Lipinski definition) is 3. The first-order valence-electron chi connectivity index (χ1n) is 5.11. The zero-order chi connectivity index (χ0) is 12.3. The zero-order valence-electron chi connectivity index (χ0n) is 9.31. The second-order valence-electron chi connectivity index (χ2n) is 3.60. The van der Waals surface area contributed by atoms with E-state index in [4.69, 9.17) is 16.9 Å². The van der Waals surface area contributed by atoms with Gasteiger partial charge in [-0.05, 0) is 24.3 Å². The molecule has 1 N–H and O–H groups in total. The Bertz CT molecular complexity index is 551. The molecule has 0 aliphatic heterocycles. The van der Waals surface area contributed by atoms with E-state index in [0.717, 1.165) is 11.5 Å². The lowest BCUT2D eigenvalue weighted by Crippen LogP contribution is -2.05. The van der Waals surface area contributed by atoms with E-state index in [0.29, 0.717) is 17.3 Å². The van der Waals surface area contributed by atoms with Gasteiger partial charge in [0.1, 0.15) is 11.0 Å². The Morgan fingerprint density at radius 1 is 1.41 bits per heavy atom. The Balaban J connectivity index is 2.03. The van der Waals surface area contributed by atoms with Crippen LogP contribution in [0.4, 0.5) is 5.69 Å². The van der Waals surface area contributed by atoms with Crippen molar-refractivity contribution in [2.75, 3.05) is 5.32 Å². The molecule has 1 heterocycles. The minimum Gasteiger partial charge on any atom is -0.378 e. The number of nitriles is 1. The van der Waals surface area contributed by atoms with Crippen LogP contribution in [0.25, 0.3) is 0 Å². The second-order valence-corrected chi connectivity index (χ2v) is 3.99. The highest BCUT2D eigenvalue weighted by molar-refractivity contribution is 6.29. The summed E-state index contributed by atoms with van der Waals surface area (Å²) in [6, 6.07) is 9.35. The number of anilines is 1. The van der Waals surface area contributed by atoms with Crippen LogP contribution in [-0.4, -0.2) is 9.55 Å². The number of halogens is 1. The predicted octanol–water partition coefficient (Wildman–Crippen LogP) is 2.56. The van der Waals surface area contributed by atoms with Gasteiger partial charge < -0.3 is 9.88 Å². The summed E-state index contributed by atoms with van der Waals surface area (Å²) in [4.78, 5) is 4.18. The van der Waals surface area contributed by atoms with Crippen molar-refractivity contribution in [3.05, 3.63) is 47.0 Å². The summed E-state index contributed by atoms with van der Waals surface area (Å²) in [7, 11) is 1.87. The van der Waals surface area contributed by atoms with Gasteiger partial charge in [-0.25, -0.2) is 4.98 Å². The Kier molecular flexibility index (Phi) is 3.31. The van der Waals surface area contributed by atoms with Crippen LogP contribution in [0.5, 0.6) is 0 Å². The number of hydrogen-bond donors (Lipinski definition) is 1. The van der Waals surface area contributed by atoms with Crippen molar-refractivity contribution in [2.24, 2.45) is 7.05 Å². The third kappa shape index (κ3) is 2.58. The first kappa shape index (κ1) is 11.5. The van der Waals surface area contributed by atoms with Crippen LogP contribution in [0.15, 0.2) is 30.5 Å². The Labute approximate surface area is 104 Å². The van der Waals surface area contributed by atoms with Gasteiger partial charge >= 0.3 is 0 Å². The minimum absolute atomic E-state index is 0.592. The summed E-state index contributed by atoms with van der Waals surface area (Å²) in [5.74, 6) is 0.861. The number of imidazole rings is 1. The van der Waals surface area contributed by atoms with Crippen molar-refractivity contribution in [2.45, 2.75) is 6.54 Å². The summed E-state index contributed by atoms with van der Waals surface area (Å²) in [6.07, 6.45) is 1.62. The molecule has 5 heteroatoms. The fourth-order valence-electron chi connectivity index (χ4n) is 1.43. The highest BCUT2D eigenvalue weighted by Gasteiger charge is 2.03. The van der Waals surface area contributed by atoms with Crippen molar-refractivity contribution in [1.29, 1.82) is 5.26 Å². The molecule has 0 fully saturated rings. The summed E-state index contributed by atoms with van der Waals surface area (Å²) >= 11 is 5.89. The molecule has 0 atom stereocenters. The fraction of sp³-hybridized carbons (Fsp3) is 0.167. The molecule has 0 aliphatic carbocycles. The predicted molar refractivity (Wildman–Crippen MR) is 66.7 cm³/mol. The number of rotatable bonds is 3. The highest BCUT2D eigenvalue weighted by atomic mass is 35.5. The van der Waals surface area contributed by atoms with Crippen LogP contribution < -0.4 is 5.32 Å². The van der Waals surface area contributed by atoms with E-state index >= 15 is 0 Å². The monoisotopic (exact) mass is 246 g/mol. The van der Waals surface area contributed by atoms with Crippen molar-refractivity contribution >= 4 is 17.3 Å².